The highest BCUT2D eigenvalue weighted by Crippen LogP contribution is 2.23. The van der Waals surface area contributed by atoms with Crippen LogP contribution in [0.4, 0.5) is 0 Å². The summed E-state index contributed by atoms with van der Waals surface area (Å²) in [5.74, 6) is -1.92. The number of carbonyl (C=O) groups excluding carboxylic acids is 4. The summed E-state index contributed by atoms with van der Waals surface area (Å²) in [6.07, 6.45) is 0. The predicted molar refractivity (Wildman–Crippen MR) is 117 cm³/mol. The molecule has 7 nitrogen and oxygen atoms in total. The number of rotatable bonds is 6. The zero-order valence-electron chi connectivity index (χ0n) is 18.0. The van der Waals surface area contributed by atoms with Crippen LogP contribution in [0.1, 0.15) is 58.4 Å². The van der Waals surface area contributed by atoms with Crippen LogP contribution in [0, 0.1) is 13.8 Å². The largest absolute Gasteiger partial charge is 0.454 e. The zero-order valence-corrected chi connectivity index (χ0v) is 18.0. The Hall–Kier alpha value is -4.00. The number of carbonyl (C=O) groups is 4. The quantitative estimate of drug-likeness (QED) is 0.340. The molecule has 1 aromatic heterocycles. The van der Waals surface area contributed by atoms with Gasteiger partial charge in [0.05, 0.1) is 16.7 Å². The molecule has 1 aliphatic rings. The first kappa shape index (κ1) is 21.2. The molecule has 32 heavy (non-hydrogen) atoms. The molecule has 2 amide bonds. The number of ketones is 1. The molecule has 0 radical (unpaired) electrons. The lowest BCUT2D eigenvalue weighted by molar-refractivity contribution is 0.0474. The van der Waals surface area contributed by atoms with E-state index in [-0.39, 0.29) is 22.5 Å². The smallest absolute Gasteiger partial charge is 0.338 e. The normalized spacial score (nSPS) is 12.8. The van der Waals surface area contributed by atoms with Gasteiger partial charge in [-0.05, 0) is 43.7 Å². The number of aryl methyl sites for hydroxylation is 1. The Bertz CT molecular complexity index is 1260. The Balaban J connectivity index is 1.46. The van der Waals surface area contributed by atoms with Crippen LogP contribution in [-0.2, 0) is 11.3 Å². The minimum Gasteiger partial charge on any atom is -0.454 e. The van der Waals surface area contributed by atoms with E-state index in [0.717, 1.165) is 21.9 Å². The van der Waals surface area contributed by atoms with Crippen LogP contribution >= 0.6 is 0 Å². The van der Waals surface area contributed by atoms with Gasteiger partial charge in [-0.1, -0.05) is 30.3 Å². The van der Waals surface area contributed by atoms with Crippen LogP contribution in [0.3, 0.4) is 0 Å². The monoisotopic (exact) mass is 430 g/mol. The second-order valence-corrected chi connectivity index (χ2v) is 7.79. The minimum atomic E-state index is -0.728. The number of hydrogen-bond acceptors (Lipinski definition) is 5. The molecule has 0 bridgehead atoms. The first-order chi connectivity index (χ1) is 15.3. The topological polar surface area (TPSA) is 85.7 Å². The van der Waals surface area contributed by atoms with Gasteiger partial charge in [-0.15, -0.1) is 0 Å². The highest BCUT2D eigenvalue weighted by atomic mass is 16.5. The maximum Gasteiger partial charge on any atom is 0.338 e. The van der Waals surface area contributed by atoms with E-state index in [2.05, 4.69) is 0 Å². The Kier molecular flexibility index (Phi) is 5.48. The molecule has 4 rings (SSSR count). The number of imide groups is 1. The molecule has 1 aliphatic heterocycles. The van der Waals surface area contributed by atoms with Crippen molar-refractivity contribution in [1.29, 1.82) is 0 Å². The van der Waals surface area contributed by atoms with Crippen molar-refractivity contribution in [3.05, 3.63) is 93.8 Å². The van der Waals surface area contributed by atoms with Crippen molar-refractivity contribution in [2.75, 3.05) is 13.7 Å². The van der Waals surface area contributed by atoms with Gasteiger partial charge in [0, 0.05) is 30.5 Å². The van der Waals surface area contributed by atoms with E-state index in [4.69, 9.17) is 4.74 Å². The number of nitrogens with zero attached hydrogens (tertiary/aromatic N) is 2. The fourth-order valence-electron chi connectivity index (χ4n) is 3.87. The maximum atomic E-state index is 12.7. The number of hydrogen-bond donors (Lipinski definition) is 0. The van der Waals surface area contributed by atoms with E-state index < -0.39 is 24.4 Å². The van der Waals surface area contributed by atoms with Crippen molar-refractivity contribution in [1.82, 2.24) is 9.47 Å². The number of amides is 2. The molecule has 2 aromatic carbocycles. The number of esters is 1. The Morgan fingerprint density at radius 3 is 2.31 bits per heavy atom. The van der Waals surface area contributed by atoms with Crippen molar-refractivity contribution in [3.63, 3.8) is 0 Å². The lowest BCUT2D eigenvalue weighted by atomic mass is 10.1. The van der Waals surface area contributed by atoms with Gasteiger partial charge in [0.25, 0.3) is 11.8 Å². The zero-order chi connectivity index (χ0) is 23.0. The fourth-order valence-corrected chi connectivity index (χ4v) is 3.87. The molecule has 0 aliphatic carbocycles. The number of ether oxygens (including phenoxy) is 1. The summed E-state index contributed by atoms with van der Waals surface area (Å²) in [4.78, 5) is 50.3. The van der Waals surface area contributed by atoms with Crippen molar-refractivity contribution < 1.29 is 23.9 Å². The second-order valence-electron chi connectivity index (χ2n) is 7.79. The summed E-state index contributed by atoms with van der Waals surface area (Å²) in [6.45, 7) is 4.02. The second kappa shape index (κ2) is 8.26. The maximum absolute atomic E-state index is 12.7. The lowest BCUT2D eigenvalue weighted by Crippen LogP contribution is -2.24. The van der Waals surface area contributed by atoms with Gasteiger partial charge in [0.15, 0.2) is 6.61 Å². The van der Waals surface area contributed by atoms with Gasteiger partial charge in [0.2, 0.25) is 5.78 Å². The fraction of sp³-hybridized carbons (Fsp3) is 0.200. The first-order valence-corrected chi connectivity index (χ1v) is 10.2. The summed E-state index contributed by atoms with van der Waals surface area (Å²) in [5.41, 5.74) is 3.88. The average Bonchev–Trinajstić information content (AvgIpc) is 3.20. The van der Waals surface area contributed by atoms with Gasteiger partial charge >= 0.3 is 5.97 Å². The Morgan fingerprint density at radius 2 is 1.59 bits per heavy atom. The molecular formula is C25H22N2O5. The van der Waals surface area contributed by atoms with E-state index >= 15 is 0 Å². The summed E-state index contributed by atoms with van der Waals surface area (Å²) >= 11 is 0. The highest BCUT2D eigenvalue weighted by molar-refractivity contribution is 6.21. The third-order valence-corrected chi connectivity index (χ3v) is 5.72. The van der Waals surface area contributed by atoms with Crippen LogP contribution in [0.15, 0.2) is 54.6 Å². The van der Waals surface area contributed by atoms with Crippen molar-refractivity contribution >= 4 is 23.6 Å². The number of fused-ring (bicyclic) bond motifs is 1. The van der Waals surface area contributed by atoms with Crippen molar-refractivity contribution in [3.8, 4) is 0 Å². The molecule has 162 valence electrons. The highest BCUT2D eigenvalue weighted by Gasteiger charge is 2.33. The molecule has 3 aromatic rings. The molecule has 0 unspecified atom stereocenters. The van der Waals surface area contributed by atoms with E-state index in [1.807, 2.05) is 48.7 Å². The number of Topliss-reactive ketones (excluding diaryl/α,β-unsaturated/α-hetero) is 1. The van der Waals surface area contributed by atoms with E-state index in [9.17, 15) is 19.2 Å². The van der Waals surface area contributed by atoms with Gasteiger partial charge in [0.1, 0.15) is 0 Å². The molecule has 7 heteroatoms. The number of aromatic nitrogens is 1. The minimum absolute atomic E-state index is 0.113. The Morgan fingerprint density at radius 1 is 0.906 bits per heavy atom. The van der Waals surface area contributed by atoms with Crippen LogP contribution in [0.25, 0.3) is 0 Å². The third kappa shape index (κ3) is 3.73. The molecule has 0 saturated carbocycles. The molecule has 0 atom stereocenters. The van der Waals surface area contributed by atoms with E-state index in [1.165, 1.54) is 25.2 Å². The summed E-state index contributed by atoms with van der Waals surface area (Å²) < 4.78 is 7.25. The third-order valence-electron chi connectivity index (χ3n) is 5.72. The van der Waals surface area contributed by atoms with Crippen LogP contribution in [0.5, 0.6) is 0 Å². The predicted octanol–water partition coefficient (Wildman–Crippen LogP) is 3.42. The Labute approximate surface area is 185 Å². The SMILES string of the molecule is Cc1cc(C(=O)COC(=O)c2ccc3c(c2)C(=O)N(C)C3=O)c(C)n1Cc1ccccc1. The van der Waals surface area contributed by atoms with Gasteiger partial charge in [-0.25, -0.2) is 4.79 Å². The number of benzene rings is 2. The van der Waals surface area contributed by atoms with Gasteiger partial charge in [-0.2, -0.15) is 0 Å². The van der Waals surface area contributed by atoms with Crippen LogP contribution in [0.2, 0.25) is 0 Å². The summed E-state index contributed by atoms with van der Waals surface area (Å²) in [7, 11) is 1.38. The molecule has 0 N–H and O–H groups in total. The van der Waals surface area contributed by atoms with E-state index in [1.54, 1.807) is 6.07 Å². The van der Waals surface area contributed by atoms with Crippen LogP contribution in [-0.4, -0.2) is 46.7 Å². The van der Waals surface area contributed by atoms with Crippen molar-refractivity contribution in [2.24, 2.45) is 0 Å². The first-order valence-electron chi connectivity index (χ1n) is 10.2. The standard InChI is InChI=1S/C25H22N2O5/c1-15-11-20(16(2)27(15)13-17-7-5-4-6-8-17)22(28)14-32-25(31)18-9-10-19-21(12-18)24(30)26(3)23(19)29/h4-12H,13-14H2,1-3H3. The molecule has 0 spiro atoms. The summed E-state index contributed by atoms with van der Waals surface area (Å²) in [5, 5.41) is 0. The lowest BCUT2D eigenvalue weighted by Gasteiger charge is -2.10. The summed E-state index contributed by atoms with van der Waals surface area (Å²) in [6, 6.07) is 15.9. The van der Waals surface area contributed by atoms with Gasteiger partial charge < -0.3 is 9.30 Å². The van der Waals surface area contributed by atoms with Gasteiger partial charge in [-0.3, -0.25) is 19.3 Å². The molecule has 2 heterocycles. The molecular weight excluding hydrogens is 408 g/mol. The molecule has 0 fully saturated rings. The van der Waals surface area contributed by atoms with Crippen molar-refractivity contribution in [2.45, 2.75) is 20.4 Å². The average molecular weight is 430 g/mol. The van der Waals surface area contributed by atoms with Crippen LogP contribution < -0.4 is 0 Å². The van der Waals surface area contributed by atoms with E-state index in [0.29, 0.717) is 12.1 Å². The molecule has 0 saturated heterocycles.